The molecule has 0 radical (unpaired) electrons. The van der Waals surface area contributed by atoms with E-state index in [1.165, 1.54) is 10.9 Å². The number of pyridine rings is 1. The van der Waals surface area contributed by atoms with Crippen LogP contribution in [0.25, 0.3) is 10.8 Å². The molecule has 2 nitrogen and oxygen atoms in total. The molecule has 13 heavy (non-hydrogen) atoms. The van der Waals surface area contributed by atoms with E-state index in [1.54, 1.807) is 0 Å². The molecule has 0 unspecified atom stereocenters. The van der Waals surface area contributed by atoms with Crippen molar-refractivity contribution in [2.24, 2.45) is 0 Å². The molecule has 1 heterocycles. The van der Waals surface area contributed by atoms with Crippen LogP contribution >= 0.6 is 0 Å². The van der Waals surface area contributed by atoms with Gasteiger partial charge in [-0.2, -0.15) is 0 Å². The highest BCUT2D eigenvalue weighted by Gasteiger charge is 2.01. The summed E-state index contributed by atoms with van der Waals surface area (Å²) in [5.41, 5.74) is 8.03. The molecule has 0 atom stereocenters. The van der Waals surface area contributed by atoms with Crippen molar-refractivity contribution in [1.82, 2.24) is 4.98 Å². The minimum atomic E-state index is 0.622. The van der Waals surface area contributed by atoms with Gasteiger partial charge in [-0.25, -0.2) is 4.98 Å². The van der Waals surface area contributed by atoms with Crippen LogP contribution in [0.5, 0.6) is 0 Å². The Balaban J connectivity index is 2.87. The summed E-state index contributed by atoms with van der Waals surface area (Å²) in [6.07, 6.45) is 1.82. The second-order valence-corrected chi connectivity index (χ2v) is 3.36. The molecule has 2 heteroatoms. The average molecular weight is 172 g/mol. The number of benzene rings is 1. The van der Waals surface area contributed by atoms with Crippen LogP contribution in [0.15, 0.2) is 24.4 Å². The fourth-order valence-corrected chi connectivity index (χ4v) is 1.50. The van der Waals surface area contributed by atoms with E-state index >= 15 is 0 Å². The maximum absolute atomic E-state index is 5.71. The number of nitrogens with zero attached hydrogens (tertiary/aromatic N) is 1. The topological polar surface area (TPSA) is 38.9 Å². The number of aromatic nitrogens is 1. The quantitative estimate of drug-likeness (QED) is 0.662. The molecule has 0 saturated heterocycles. The van der Waals surface area contributed by atoms with E-state index in [2.05, 4.69) is 30.1 Å². The molecule has 66 valence electrons. The van der Waals surface area contributed by atoms with Gasteiger partial charge in [0.05, 0.1) is 0 Å². The number of rotatable bonds is 0. The summed E-state index contributed by atoms with van der Waals surface area (Å²) < 4.78 is 0. The molecule has 0 aliphatic heterocycles. The number of fused-ring (bicyclic) bond motifs is 1. The van der Waals surface area contributed by atoms with Crippen LogP contribution in [0.1, 0.15) is 11.1 Å². The van der Waals surface area contributed by atoms with Gasteiger partial charge in [0, 0.05) is 11.6 Å². The Morgan fingerprint density at radius 3 is 2.77 bits per heavy atom. The summed E-state index contributed by atoms with van der Waals surface area (Å²) in [7, 11) is 0. The highest BCUT2D eigenvalue weighted by atomic mass is 14.8. The van der Waals surface area contributed by atoms with E-state index in [0.29, 0.717) is 5.82 Å². The number of nitrogen functional groups attached to an aromatic ring is 1. The van der Waals surface area contributed by atoms with Crippen molar-refractivity contribution in [2.75, 3.05) is 5.73 Å². The van der Waals surface area contributed by atoms with Crippen molar-refractivity contribution >= 4 is 16.6 Å². The maximum atomic E-state index is 5.71. The number of anilines is 1. The van der Waals surface area contributed by atoms with Gasteiger partial charge in [-0.1, -0.05) is 17.7 Å². The Kier molecular flexibility index (Phi) is 1.69. The lowest BCUT2D eigenvalue weighted by Crippen LogP contribution is -1.94. The Bertz CT molecular complexity index is 461. The lowest BCUT2D eigenvalue weighted by Gasteiger charge is -2.04. The summed E-state index contributed by atoms with van der Waals surface area (Å²) >= 11 is 0. The third-order valence-electron chi connectivity index (χ3n) is 2.34. The van der Waals surface area contributed by atoms with E-state index in [4.69, 9.17) is 5.73 Å². The Hall–Kier alpha value is -1.57. The van der Waals surface area contributed by atoms with Crippen molar-refractivity contribution in [2.45, 2.75) is 13.8 Å². The van der Waals surface area contributed by atoms with Gasteiger partial charge in [0.1, 0.15) is 5.82 Å². The zero-order valence-electron chi connectivity index (χ0n) is 7.83. The summed E-state index contributed by atoms with van der Waals surface area (Å²) in [6.45, 7) is 4.07. The van der Waals surface area contributed by atoms with Crippen molar-refractivity contribution in [1.29, 1.82) is 0 Å². The maximum Gasteiger partial charge on any atom is 0.126 e. The van der Waals surface area contributed by atoms with Crippen molar-refractivity contribution in [3.8, 4) is 0 Å². The van der Waals surface area contributed by atoms with E-state index in [1.807, 2.05) is 13.1 Å². The molecule has 0 aliphatic rings. The normalized spacial score (nSPS) is 10.6. The number of hydrogen-bond acceptors (Lipinski definition) is 2. The molecule has 0 bridgehead atoms. The minimum Gasteiger partial charge on any atom is -0.383 e. The fourth-order valence-electron chi connectivity index (χ4n) is 1.50. The Labute approximate surface area is 77.4 Å². The zero-order valence-corrected chi connectivity index (χ0v) is 7.83. The third-order valence-corrected chi connectivity index (χ3v) is 2.34. The van der Waals surface area contributed by atoms with Crippen LogP contribution in [0, 0.1) is 13.8 Å². The Morgan fingerprint density at radius 1 is 1.23 bits per heavy atom. The molecule has 0 saturated carbocycles. The second kappa shape index (κ2) is 2.73. The first-order valence-corrected chi connectivity index (χ1v) is 4.30. The van der Waals surface area contributed by atoms with Crippen molar-refractivity contribution in [3.05, 3.63) is 35.5 Å². The van der Waals surface area contributed by atoms with Crippen LogP contribution in [-0.2, 0) is 0 Å². The van der Waals surface area contributed by atoms with Gasteiger partial charge in [0.15, 0.2) is 0 Å². The second-order valence-electron chi connectivity index (χ2n) is 3.36. The molecule has 0 aliphatic carbocycles. The number of nitrogens with two attached hydrogens (primary N) is 1. The lowest BCUT2D eigenvalue weighted by molar-refractivity contribution is 1.31. The lowest BCUT2D eigenvalue weighted by atomic mass is 10.1. The summed E-state index contributed by atoms with van der Waals surface area (Å²) in [4.78, 5) is 4.13. The predicted octanol–water partition coefficient (Wildman–Crippen LogP) is 2.43. The van der Waals surface area contributed by atoms with Gasteiger partial charge in [-0.15, -0.1) is 0 Å². The van der Waals surface area contributed by atoms with Crippen LogP contribution < -0.4 is 5.73 Å². The van der Waals surface area contributed by atoms with Crippen LogP contribution in [0.2, 0.25) is 0 Å². The average Bonchev–Trinajstić information content (AvgIpc) is 2.12. The SMILES string of the molecule is Cc1ccc2c(C)c(N)ncc2c1. The molecular weight excluding hydrogens is 160 g/mol. The van der Waals surface area contributed by atoms with E-state index in [9.17, 15) is 0 Å². The first-order chi connectivity index (χ1) is 6.18. The summed E-state index contributed by atoms with van der Waals surface area (Å²) in [5.74, 6) is 0.622. The van der Waals surface area contributed by atoms with Crippen LogP contribution in [0.3, 0.4) is 0 Å². The van der Waals surface area contributed by atoms with Crippen LogP contribution in [0.4, 0.5) is 5.82 Å². The van der Waals surface area contributed by atoms with Crippen molar-refractivity contribution in [3.63, 3.8) is 0 Å². The molecule has 1 aromatic heterocycles. The standard InChI is InChI=1S/C11H12N2/c1-7-3-4-10-8(2)11(12)13-6-9(10)5-7/h3-6H,1-2H3,(H2,12,13). The molecule has 2 rings (SSSR count). The summed E-state index contributed by atoms with van der Waals surface area (Å²) in [5, 5.41) is 2.35. The van der Waals surface area contributed by atoms with Gasteiger partial charge in [0.2, 0.25) is 0 Å². The molecule has 0 fully saturated rings. The van der Waals surface area contributed by atoms with Gasteiger partial charge in [0.25, 0.3) is 0 Å². The van der Waals surface area contributed by atoms with Gasteiger partial charge in [-0.05, 0) is 30.9 Å². The summed E-state index contributed by atoms with van der Waals surface area (Å²) in [6, 6.07) is 6.31. The molecule has 0 spiro atoms. The van der Waals surface area contributed by atoms with Crippen molar-refractivity contribution < 1.29 is 0 Å². The molecule has 1 aromatic carbocycles. The van der Waals surface area contributed by atoms with Gasteiger partial charge in [-0.3, -0.25) is 0 Å². The highest BCUT2D eigenvalue weighted by molar-refractivity contribution is 5.88. The number of hydrogen-bond donors (Lipinski definition) is 1. The van der Waals surface area contributed by atoms with Crippen LogP contribution in [-0.4, -0.2) is 4.98 Å². The minimum absolute atomic E-state index is 0.622. The van der Waals surface area contributed by atoms with E-state index < -0.39 is 0 Å². The zero-order chi connectivity index (χ0) is 9.42. The first-order valence-electron chi connectivity index (χ1n) is 4.30. The molecule has 2 aromatic rings. The van der Waals surface area contributed by atoms with E-state index in [0.717, 1.165) is 10.9 Å². The first kappa shape index (κ1) is 8.05. The number of aryl methyl sites for hydroxylation is 2. The fraction of sp³-hybridized carbons (Fsp3) is 0.182. The molecule has 2 N–H and O–H groups in total. The Morgan fingerprint density at radius 2 is 2.00 bits per heavy atom. The van der Waals surface area contributed by atoms with Gasteiger partial charge >= 0.3 is 0 Å². The highest BCUT2D eigenvalue weighted by Crippen LogP contribution is 2.21. The molecular formula is C11H12N2. The van der Waals surface area contributed by atoms with E-state index in [-0.39, 0.29) is 0 Å². The monoisotopic (exact) mass is 172 g/mol. The smallest absolute Gasteiger partial charge is 0.126 e. The van der Waals surface area contributed by atoms with Gasteiger partial charge < -0.3 is 5.73 Å². The molecule has 0 amide bonds. The predicted molar refractivity (Wildman–Crippen MR) is 55.6 cm³/mol. The third kappa shape index (κ3) is 1.24. The largest absolute Gasteiger partial charge is 0.383 e.